The first-order chi connectivity index (χ1) is 7.73. The van der Waals surface area contributed by atoms with Crippen molar-refractivity contribution in [3.05, 3.63) is 30.3 Å². The highest BCUT2D eigenvalue weighted by Crippen LogP contribution is 2.06. The molecule has 0 atom stereocenters. The van der Waals surface area contributed by atoms with Gasteiger partial charge in [-0.2, -0.15) is 0 Å². The second-order valence-electron chi connectivity index (χ2n) is 4.20. The molecule has 16 heavy (non-hydrogen) atoms. The molecular formula is C13H22O2Si. The normalized spacial score (nSPS) is 11.7. The van der Waals surface area contributed by atoms with Gasteiger partial charge in [0, 0.05) is 25.7 Å². The first kappa shape index (κ1) is 13.4. The van der Waals surface area contributed by atoms with Crippen LogP contribution in [0.25, 0.3) is 0 Å². The van der Waals surface area contributed by atoms with Crippen molar-refractivity contribution in [3.8, 4) is 0 Å². The molecule has 1 rings (SSSR count). The molecule has 1 aromatic carbocycles. The topological polar surface area (TPSA) is 18.5 Å². The summed E-state index contributed by atoms with van der Waals surface area (Å²) in [5.74, 6) is 0. The minimum Gasteiger partial charge on any atom is -0.385 e. The molecule has 2 nitrogen and oxygen atoms in total. The standard InChI is InChI=1S/C13H22O2Si/c1-4-14-11-16(3,12-15-5-2)13-9-7-6-8-10-13/h6-10H,4-5,11-12H2,1-3H3. The summed E-state index contributed by atoms with van der Waals surface area (Å²) in [7, 11) is -1.61. The molecule has 0 aliphatic heterocycles. The lowest BCUT2D eigenvalue weighted by molar-refractivity contribution is 0.165. The molecule has 0 saturated carbocycles. The van der Waals surface area contributed by atoms with E-state index in [2.05, 4.69) is 36.9 Å². The Balaban J connectivity index is 2.77. The third kappa shape index (κ3) is 3.74. The van der Waals surface area contributed by atoms with E-state index in [-0.39, 0.29) is 0 Å². The molecule has 0 fully saturated rings. The van der Waals surface area contributed by atoms with Crippen molar-refractivity contribution in [2.45, 2.75) is 20.4 Å². The minimum absolute atomic E-state index is 0.779. The van der Waals surface area contributed by atoms with E-state index in [9.17, 15) is 0 Å². The monoisotopic (exact) mass is 238 g/mol. The fourth-order valence-corrected chi connectivity index (χ4v) is 4.43. The van der Waals surface area contributed by atoms with E-state index in [4.69, 9.17) is 9.47 Å². The zero-order valence-corrected chi connectivity index (χ0v) is 11.5. The summed E-state index contributed by atoms with van der Waals surface area (Å²) >= 11 is 0. The molecule has 0 saturated heterocycles. The Morgan fingerprint density at radius 2 is 1.44 bits per heavy atom. The van der Waals surface area contributed by atoms with Gasteiger partial charge in [-0.15, -0.1) is 0 Å². The van der Waals surface area contributed by atoms with Gasteiger partial charge >= 0.3 is 0 Å². The van der Waals surface area contributed by atoms with E-state index in [0.717, 1.165) is 25.7 Å². The second kappa shape index (κ2) is 6.84. The lowest BCUT2D eigenvalue weighted by Gasteiger charge is -2.27. The highest BCUT2D eigenvalue weighted by Gasteiger charge is 2.30. The lowest BCUT2D eigenvalue weighted by Crippen LogP contribution is -2.54. The molecule has 0 radical (unpaired) electrons. The molecule has 0 N–H and O–H groups in total. The van der Waals surface area contributed by atoms with Crippen molar-refractivity contribution in [1.29, 1.82) is 0 Å². The number of benzene rings is 1. The van der Waals surface area contributed by atoms with Gasteiger partial charge in [0.15, 0.2) is 0 Å². The van der Waals surface area contributed by atoms with Gasteiger partial charge in [0.2, 0.25) is 0 Å². The average molecular weight is 238 g/mol. The highest BCUT2D eigenvalue weighted by molar-refractivity contribution is 6.90. The largest absolute Gasteiger partial charge is 0.385 e. The van der Waals surface area contributed by atoms with Crippen LogP contribution in [0.2, 0.25) is 6.55 Å². The van der Waals surface area contributed by atoms with Gasteiger partial charge in [-0.1, -0.05) is 42.1 Å². The van der Waals surface area contributed by atoms with Crippen LogP contribution in [0.4, 0.5) is 0 Å². The summed E-state index contributed by atoms with van der Waals surface area (Å²) in [6, 6.07) is 10.6. The van der Waals surface area contributed by atoms with Gasteiger partial charge in [-0.05, 0) is 13.8 Å². The number of rotatable bonds is 7. The van der Waals surface area contributed by atoms with Crippen molar-refractivity contribution in [2.24, 2.45) is 0 Å². The van der Waals surface area contributed by atoms with Crippen LogP contribution in [0.3, 0.4) is 0 Å². The van der Waals surface area contributed by atoms with E-state index >= 15 is 0 Å². The summed E-state index contributed by atoms with van der Waals surface area (Å²) < 4.78 is 11.3. The molecule has 0 aliphatic rings. The van der Waals surface area contributed by atoms with Crippen LogP contribution in [-0.2, 0) is 9.47 Å². The molecule has 1 aromatic rings. The van der Waals surface area contributed by atoms with Crippen molar-refractivity contribution in [3.63, 3.8) is 0 Å². The van der Waals surface area contributed by atoms with Crippen molar-refractivity contribution < 1.29 is 9.47 Å². The Bertz CT molecular complexity index is 279. The van der Waals surface area contributed by atoms with Crippen LogP contribution in [0.5, 0.6) is 0 Å². The van der Waals surface area contributed by atoms with Crippen molar-refractivity contribution in [2.75, 3.05) is 25.7 Å². The van der Waals surface area contributed by atoms with Crippen molar-refractivity contribution >= 4 is 13.3 Å². The van der Waals surface area contributed by atoms with Gasteiger partial charge in [0.1, 0.15) is 8.07 Å². The van der Waals surface area contributed by atoms with E-state index in [1.807, 2.05) is 13.8 Å². The maximum Gasteiger partial charge on any atom is 0.140 e. The Hall–Kier alpha value is -0.643. The predicted octanol–water partition coefficient (Wildman–Crippen LogP) is 2.12. The Morgan fingerprint density at radius 3 is 1.88 bits per heavy atom. The smallest absolute Gasteiger partial charge is 0.140 e. The maximum absolute atomic E-state index is 5.63. The molecule has 0 unspecified atom stereocenters. The van der Waals surface area contributed by atoms with Crippen molar-refractivity contribution in [1.82, 2.24) is 0 Å². The zero-order valence-electron chi connectivity index (χ0n) is 10.5. The van der Waals surface area contributed by atoms with Crippen LogP contribution in [0.15, 0.2) is 30.3 Å². The number of hydrogen-bond acceptors (Lipinski definition) is 2. The van der Waals surface area contributed by atoms with Crippen LogP contribution in [-0.4, -0.2) is 33.7 Å². The molecule has 0 heterocycles. The zero-order chi connectivity index (χ0) is 11.9. The fourth-order valence-electron chi connectivity index (χ4n) is 1.70. The van der Waals surface area contributed by atoms with Gasteiger partial charge in [0.05, 0.1) is 0 Å². The molecule has 3 heteroatoms. The van der Waals surface area contributed by atoms with Crippen LogP contribution in [0, 0.1) is 0 Å². The first-order valence-corrected chi connectivity index (χ1v) is 8.85. The van der Waals surface area contributed by atoms with Gasteiger partial charge in [-0.25, -0.2) is 0 Å². The molecule has 0 amide bonds. The van der Waals surface area contributed by atoms with E-state index < -0.39 is 8.07 Å². The fraction of sp³-hybridized carbons (Fsp3) is 0.538. The average Bonchev–Trinajstić information content (AvgIpc) is 2.35. The summed E-state index contributed by atoms with van der Waals surface area (Å²) in [6.07, 6.45) is 1.68. The third-order valence-corrected chi connectivity index (χ3v) is 6.13. The minimum atomic E-state index is -1.61. The number of hydrogen-bond donors (Lipinski definition) is 0. The lowest BCUT2D eigenvalue weighted by atomic mass is 10.4. The van der Waals surface area contributed by atoms with E-state index in [1.165, 1.54) is 5.19 Å². The van der Waals surface area contributed by atoms with Crippen LogP contribution < -0.4 is 5.19 Å². The second-order valence-corrected chi connectivity index (χ2v) is 8.48. The Morgan fingerprint density at radius 1 is 0.938 bits per heavy atom. The molecule has 90 valence electrons. The maximum atomic E-state index is 5.63. The highest BCUT2D eigenvalue weighted by atomic mass is 28.3. The van der Waals surface area contributed by atoms with Gasteiger partial charge in [0.25, 0.3) is 0 Å². The Labute approximate surface area is 99.6 Å². The first-order valence-electron chi connectivity index (χ1n) is 5.94. The molecular weight excluding hydrogens is 216 g/mol. The molecule has 0 aliphatic carbocycles. The molecule has 0 bridgehead atoms. The van der Waals surface area contributed by atoms with E-state index in [1.54, 1.807) is 0 Å². The van der Waals surface area contributed by atoms with Gasteiger partial charge in [-0.3, -0.25) is 0 Å². The summed E-state index contributed by atoms with van der Waals surface area (Å²) in [5.41, 5.74) is 0. The third-order valence-electron chi connectivity index (χ3n) is 2.72. The van der Waals surface area contributed by atoms with E-state index in [0.29, 0.717) is 0 Å². The number of ether oxygens (including phenoxy) is 2. The van der Waals surface area contributed by atoms with Gasteiger partial charge < -0.3 is 9.47 Å². The summed E-state index contributed by atoms with van der Waals surface area (Å²) in [4.78, 5) is 0. The summed E-state index contributed by atoms with van der Waals surface area (Å²) in [6.45, 7) is 7.97. The van der Waals surface area contributed by atoms with Crippen LogP contribution >= 0.6 is 0 Å². The summed E-state index contributed by atoms with van der Waals surface area (Å²) in [5, 5.41) is 1.41. The predicted molar refractivity (Wildman–Crippen MR) is 70.7 cm³/mol. The Kier molecular flexibility index (Phi) is 5.73. The SMILES string of the molecule is CCOC[Si](C)(COCC)c1ccccc1. The quantitative estimate of drug-likeness (QED) is 0.678. The molecule has 0 spiro atoms. The van der Waals surface area contributed by atoms with Crippen LogP contribution in [0.1, 0.15) is 13.8 Å². The molecule has 0 aromatic heterocycles.